The normalized spacial score (nSPS) is 14.0. The summed E-state index contributed by atoms with van der Waals surface area (Å²) in [6.45, 7) is 3.18. The zero-order chi connectivity index (χ0) is 19.3. The minimum atomic E-state index is -0.158. The number of hydrogen-bond donors (Lipinski definition) is 0. The molecule has 3 aromatic heterocycles. The van der Waals surface area contributed by atoms with Crippen LogP contribution in [-0.4, -0.2) is 50.9 Å². The molecule has 0 atom stereocenters. The van der Waals surface area contributed by atoms with Crippen molar-refractivity contribution in [3.8, 4) is 6.07 Å². The zero-order valence-corrected chi connectivity index (χ0v) is 15.1. The predicted molar refractivity (Wildman–Crippen MR) is 103 cm³/mol. The van der Waals surface area contributed by atoms with Crippen LogP contribution in [0.1, 0.15) is 11.4 Å². The standard InChI is InChI=1S/C19H18N8O/c20-13-15-6-8-22-19(23-15)26-11-9-25(10-12-26)17-4-5-18(28)27(24-17)14-16-3-1-2-7-21-16/h1-8H,9-12,14H2. The van der Waals surface area contributed by atoms with Crippen LogP contribution in [0.25, 0.3) is 0 Å². The highest BCUT2D eigenvalue weighted by Gasteiger charge is 2.21. The fourth-order valence-corrected chi connectivity index (χ4v) is 3.06. The van der Waals surface area contributed by atoms with Crippen LogP contribution in [-0.2, 0) is 6.54 Å². The second-order valence-electron chi connectivity index (χ2n) is 6.34. The van der Waals surface area contributed by atoms with Crippen molar-refractivity contribution < 1.29 is 0 Å². The molecule has 1 saturated heterocycles. The molecule has 0 unspecified atom stereocenters. The maximum Gasteiger partial charge on any atom is 0.267 e. The summed E-state index contributed by atoms with van der Waals surface area (Å²) in [5, 5.41) is 13.5. The molecule has 28 heavy (non-hydrogen) atoms. The molecule has 0 bridgehead atoms. The number of nitrogens with zero attached hydrogens (tertiary/aromatic N) is 8. The van der Waals surface area contributed by atoms with Gasteiger partial charge in [-0.3, -0.25) is 9.78 Å². The Morgan fingerprint density at radius 3 is 2.54 bits per heavy atom. The molecule has 0 spiro atoms. The Bertz CT molecular complexity index is 1050. The van der Waals surface area contributed by atoms with E-state index in [0.29, 0.717) is 31.3 Å². The smallest absolute Gasteiger partial charge is 0.267 e. The van der Waals surface area contributed by atoms with Crippen LogP contribution in [0.4, 0.5) is 11.8 Å². The Labute approximate surface area is 161 Å². The van der Waals surface area contributed by atoms with E-state index >= 15 is 0 Å². The van der Waals surface area contributed by atoms with Gasteiger partial charge in [0.15, 0.2) is 0 Å². The monoisotopic (exact) mass is 374 g/mol. The van der Waals surface area contributed by atoms with Crippen LogP contribution in [0.5, 0.6) is 0 Å². The molecular formula is C19H18N8O. The van der Waals surface area contributed by atoms with Gasteiger partial charge in [-0.15, -0.1) is 0 Å². The summed E-state index contributed by atoms with van der Waals surface area (Å²) in [7, 11) is 0. The first-order valence-electron chi connectivity index (χ1n) is 8.94. The third-order valence-electron chi connectivity index (χ3n) is 4.53. The van der Waals surface area contributed by atoms with Gasteiger partial charge in [0, 0.05) is 44.6 Å². The molecular weight excluding hydrogens is 356 g/mol. The molecule has 1 aliphatic rings. The Morgan fingerprint density at radius 1 is 0.964 bits per heavy atom. The van der Waals surface area contributed by atoms with Gasteiger partial charge >= 0.3 is 0 Å². The van der Waals surface area contributed by atoms with Crippen molar-refractivity contribution in [2.45, 2.75) is 6.54 Å². The van der Waals surface area contributed by atoms with Gasteiger partial charge in [-0.2, -0.15) is 10.4 Å². The lowest BCUT2D eigenvalue weighted by atomic mass is 10.3. The molecule has 0 N–H and O–H groups in total. The van der Waals surface area contributed by atoms with Crippen molar-refractivity contribution in [3.05, 3.63) is 70.5 Å². The third-order valence-corrected chi connectivity index (χ3v) is 4.53. The van der Waals surface area contributed by atoms with E-state index in [1.807, 2.05) is 29.2 Å². The minimum Gasteiger partial charge on any atom is -0.352 e. The van der Waals surface area contributed by atoms with Crippen molar-refractivity contribution in [3.63, 3.8) is 0 Å². The van der Waals surface area contributed by atoms with Crippen molar-refractivity contribution in [2.75, 3.05) is 36.0 Å². The topological polar surface area (TPSA) is 104 Å². The van der Waals surface area contributed by atoms with Crippen molar-refractivity contribution >= 4 is 11.8 Å². The molecule has 1 aliphatic heterocycles. The van der Waals surface area contributed by atoms with Gasteiger partial charge < -0.3 is 9.80 Å². The lowest BCUT2D eigenvalue weighted by molar-refractivity contribution is 0.592. The molecule has 0 amide bonds. The second kappa shape index (κ2) is 7.84. The van der Waals surface area contributed by atoms with E-state index in [4.69, 9.17) is 5.26 Å². The number of aromatic nitrogens is 5. The van der Waals surface area contributed by atoms with E-state index in [-0.39, 0.29) is 5.56 Å². The molecule has 0 aliphatic carbocycles. The molecule has 4 heterocycles. The van der Waals surface area contributed by atoms with Crippen LogP contribution in [0.3, 0.4) is 0 Å². The van der Waals surface area contributed by atoms with Gasteiger partial charge in [0.05, 0.1) is 12.2 Å². The fourth-order valence-electron chi connectivity index (χ4n) is 3.06. The summed E-state index contributed by atoms with van der Waals surface area (Å²) in [6.07, 6.45) is 3.30. The quantitative estimate of drug-likeness (QED) is 0.656. The van der Waals surface area contributed by atoms with Gasteiger partial charge in [0.1, 0.15) is 17.6 Å². The first kappa shape index (κ1) is 17.6. The average molecular weight is 374 g/mol. The van der Waals surface area contributed by atoms with Crippen LogP contribution in [0, 0.1) is 11.3 Å². The van der Waals surface area contributed by atoms with E-state index in [1.165, 1.54) is 10.7 Å². The van der Waals surface area contributed by atoms with Crippen LogP contribution >= 0.6 is 0 Å². The van der Waals surface area contributed by atoms with Gasteiger partial charge in [0.2, 0.25) is 5.95 Å². The molecule has 140 valence electrons. The average Bonchev–Trinajstić information content (AvgIpc) is 2.76. The van der Waals surface area contributed by atoms with Gasteiger partial charge in [-0.05, 0) is 24.3 Å². The largest absolute Gasteiger partial charge is 0.352 e. The number of rotatable bonds is 4. The third kappa shape index (κ3) is 3.81. The molecule has 9 nitrogen and oxygen atoms in total. The number of hydrogen-bond acceptors (Lipinski definition) is 8. The summed E-state index contributed by atoms with van der Waals surface area (Å²) in [5.41, 5.74) is 0.985. The molecule has 3 aromatic rings. The number of anilines is 2. The molecule has 9 heteroatoms. The fraction of sp³-hybridized carbons (Fsp3) is 0.263. The van der Waals surface area contributed by atoms with E-state index in [0.717, 1.165) is 24.6 Å². The summed E-state index contributed by atoms with van der Waals surface area (Å²) in [5.74, 6) is 1.31. The Balaban J connectivity index is 1.46. The summed E-state index contributed by atoms with van der Waals surface area (Å²) in [6, 6.07) is 12.5. The van der Waals surface area contributed by atoms with Gasteiger partial charge in [-0.1, -0.05) is 6.07 Å². The Hall–Kier alpha value is -3.80. The Morgan fingerprint density at radius 2 is 1.79 bits per heavy atom. The highest BCUT2D eigenvalue weighted by Crippen LogP contribution is 2.15. The van der Waals surface area contributed by atoms with Crippen LogP contribution < -0.4 is 15.4 Å². The first-order chi connectivity index (χ1) is 13.7. The highest BCUT2D eigenvalue weighted by molar-refractivity contribution is 5.42. The molecule has 1 fully saturated rings. The van der Waals surface area contributed by atoms with E-state index < -0.39 is 0 Å². The Kier molecular flexibility index (Phi) is 4.93. The van der Waals surface area contributed by atoms with Gasteiger partial charge in [0.25, 0.3) is 5.56 Å². The first-order valence-corrected chi connectivity index (χ1v) is 8.94. The van der Waals surface area contributed by atoms with Crippen molar-refractivity contribution in [1.29, 1.82) is 5.26 Å². The summed E-state index contributed by atoms with van der Waals surface area (Å²) in [4.78, 5) is 29.1. The van der Waals surface area contributed by atoms with Crippen molar-refractivity contribution in [2.24, 2.45) is 0 Å². The van der Waals surface area contributed by atoms with E-state index in [9.17, 15) is 4.79 Å². The number of piperazine rings is 1. The highest BCUT2D eigenvalue weighted by atomic mass is 16.1. The zero-order valence-electron chi connectivity index (χ0n) is 15.1. The maximum atomic E-state index is 12.2. The SMILES string of the molecule is N#Cc1ccnc(N2CCN(c3ccc(=O)n(Cc4ccccn4)n3)CC2)n1. The lowest BCUT2D eigenvalue weighted by Crippen LogP contribution is -2.47. The number of nitriles is 1. The van der Waals surface area contributed by atoms with Gasteiger partial charge in [-0.25, -0.2) is 14.6 Å². The lowest BCUT2D eigenvalue weighted by Gasteiger charge is -2.35. The maximum absolute atomic E-state index is 12.2. The molecule has 0 aromatic carbocycles. The molecule has 0 radical (unpaired) electrons. The van der Waals surface area contributed by atoms with E-state index in [2.05, 4.69) is 25.0 Å². The van der Waals surface area contributed by atoms with Crippen molar-refractivity contribution in [1.82, 2.24) is 24.7 Å². The second-order valence-corrected chi connectivity index (χ2v) is 6.34. The molecule has 4 rings (SSSR count). The van der Waals surface area contributed by atoms with E-state index in [1.54, 1.807) is 24.5 Å². The van der Waals surface area contributed by atoms with Crippen LogP contribution in [0.15, 0.2) is 53.6 Å². The predicted octanol–water partition coefficient (Wildman–Crippen LogP) is 0.675. The summed E-state index contributed by atoms with van der Waals surface area (Å²) < 4.78 is 1.43. The molecule has 0 saturated carbocycles. The number of pyridine rings is 1. The van der Waals surface area contributed by atoms with Crippen LogP contribution in [0.2, 0.25) is 0 Å². The summed E-state index contributed by atoms with van der Waals surface area (Å²) >= 11 is 0. The minimum absolute atomic E-state index is 0.158.